The van der Waals surface area contributed by atoms with E-state index >= 15 is 0 Å². The molecule has 0 radical (unpaired) electrons. The van der Waals surface area contributed by atoms with Crippen LogP contribution in [-0.4, -0.2) is 60.4 Å². The van der Waals surface area contributed by atoms with E-state index < -0.39 is 0 Å². The van der Waals surface area contributed by atoms with Crippen LogP contribution >= 0.6 is 0 Å². The van der Waals surface area contributed by atoms with Crippen molar-refractivity contribution in [2.45, 2.75) is 200 Å². The molecule has 0 heterocycles. The first-order chi connectivity index (χ1) is 21.0. The number of unbranched alkanes of at least 4 members (excludes halogenated alkanes) is 13. The van der Waals surface area contributed by atoms with E-state index in [1.165, 1.54) is 51.4 Å². The van der Waals surface area contributed by atoms with Gasteiger partial charge in [-0.1, -0.05) is 105 Å². The summed E-state index contributed by atoms with van der Waals surface area (Å²) in [6.07, 6.45) is 26.6. The molecule has 0 aliphatic heterocycles. The van der Waals surface area contributed by atoms with Gasteiger partial charge in [-0.3, -0.25) is 9.59 Å². The Labute approximate surface area is 267 Å². The smallest absolute Gasteiger partial charge is 0.306 e. The molecule has 2 unspecified atom stereocenters. The molecule has 6 nitrogen and oxygen atoms in total. The number of rotatable bonds is 33. The summed E-state index contributed by atoms with van der Waals surface area (Å²) in [4.78, 5) is 27.1. The molecule has 43 heavy (non-hydrogen) atoms. The van der Waals surface area contributed by atoms with Gasteiger partial charge in [-0.2, -0.15) is 0 Å². The molecule has 0 rings (SSSR count). The summed E-state index contributed by atoms with van der Waals surface area (Å²) in [5.41, 5.74) is 0. The summed E-state index contributed by atoms with van der Waals surface area (Å²) in [7, 11) is 0. The van der Waals surface area contributed by atoms with Gasteiger partial charge in [-0.25, -0.2) is 0 Å². The van der Waals surface area contributed by atoms with E-state index in [2.05, 4.69) is 32.6 Å². The van der Waals surface area contributed by atoms with Gasteiger partial charge >= 0.3 is 11.9 Å². The molecule has 0 aromatic rings. The summed E-state index contributed by atoms with van der Waals surface area (Å²) in [6.45, 7) is 11.7. The topological polar surface area (TPSA) is 76.1 Å². The quantitative estimate of drug-likeness (QED) is 0.0588. The Balaban J connectivity index is 4.03. The SMILES string of the molecule is CCCCCCC(CCCCC)OC(=O)CCCCCCCN(CCO)CCCCCC(=O)OC(CCC)CCCCC. The van der Waals surface area contributed by atoms with Crippen LogP contribution in [0.5, 0.6) is 0 Å². The summed E-state index contributed by atoms with van der Waals surface area (Å²) in [5, 5.41) is 9.49. The second-order valence-corrected chi connectivity index (χ2v) is 12.7. The van der Waals surface area contributed by atoms with Crippen LogP contribution in [0.3, 0.4) is 0 Å². The van der Waals surface area contributed by atoms with Gasteiger partial charge in [0.25, 0.3) is 0 Å². The van der Waals surface area contributed by atoms with Crippen LogP contribution in [0.15, 0.2) is 0 Å². The maximum absolute atomic E-state index is 12.5. The number of aliphatic hydroxyl groups is 1. The minimum atomic E-state index is -0.0374. The van der Waals surface area contributed by atoms with E-state index in [4.69, 9.17) is 9.47 Å². The highest BCUT2D eigenvalue weighted by molar-refractivity contribution is 5.69. The van der Waals surface area contributed by atoms with Crippen molar-refractivity contribution in [3.8, 4) is 0 Å². The molecule has 6 heteroatoms. The molecule has 0 aliphatic rings. The molecule has 0 aromatic heterocycles. The fraction of sp³-hybridized carbons (Fsp3) is 0.946. The van der Waals surface area contributed by atoms with Crippen molar-refractivity contribution in [3.05, 3.63) is 0 Å². The Bertz CT molecular complexity index is 614. The maximum Gasteiger partial charge on any atom is 0.306 e. The van der Waals surface area contributed by atoms with Crippen LogP contribution in [0.4, 0.5) is 0 Å². The lowest BCUT2D eigenvalue weighted by atomic mass is 10.0. The molecule has 2 atom stereocenters. The van der Waals surface area contributed by atoms with Gasteiger partial charge in [0, 0.05) is 19.4 Å². The van der Waals surface area contributed by atoms with Gasteiger partial charge in [0.15, 0.2) is 0 Å². The van der Waals surface area contributed by atoms with Gasteiger partial charge in [-0.05, 0) is 83.7 Å². The number of carbonyl (C=O) groups excluding carboxylic acids is 2. The summed E-state index contributed by atoms with van der Waals surface area (Å²) in [6, 6.07) is 0. The van der Waals surface area contributed by atoms with Gasteiger partial charge < -0.3 is 19.5 Å². The van der Waals surface area contributed by atoms with Crippen LogP contribution in [0.25, 0.3) is 0 Å². The van der Waals surface area contributed by atoms with Crippen LogP contribution < -0.4 is 0 Å². The van der Waals surface area contributed by atoms with Gasteiger partial charge in [0.05, 0.1) is 6.61 Å². The molecular formula is C37H73NO5. The molecule has 0 bridgehead atoms. The van der Waals surface area contributed by atoms with Crippen molar-refractivity contribution in [1.29, 1.82) is 0 Å². The van der Waals surface area contributed by atoms with Crippen LogP contribution in [0.1, 0.15) is 188 Å². The molecular weight excluding hydrogens is 538 g/mol. The lowest BCUT2D eigenvalue weighted by molar-refractivity contribution is -0.151. The molecule has 256 valence electrons. The predicted molar refractivity (Wildman–Crippen MR) is 181 cm³/mol. The molecule has 0 saturated heterocycles. The first-order valence-corrected chi connectivity index (χ1v) is 18.7. The summed E-state index contributed by atoms with van der Waals surface area (Å²) >= 11 is 0. The number of nitrogens with zero attached hydrogens (tertiary/aromatic N) is 1. The second-order valence-electron chi connectivity index (χ2n) is 12.7. The second kappa shape index (κ2) is 32.3. The fourth-order valence-corrected chi connectivity index (χ4v) is 5.77. The van der Waals surface area contributed by atoms with Gasteiger partial charge in [0.1, 0.15) is 12.2 Å². The maximum atomic E-state index is 12.5. The van der Waals surface area contributed by atoms with E-state index in [0.717, 1.165) is 109 Å². The third-order valence-corrected chi connectivity index (χ3v) is 8.47. The number of esters is 2. The average molecular weight is 612 g/mol. The Morgan fingerprint density at radius 2 is 0.884 bits per heavy atom. The molecule has 0 spiro atoms. The van der Waals surface area contributed by atoms with Crippen molar-refractivity contribution in [3.63, 3.8) is 0 Å². The predicted octanol–water partition coefficient (Wildman–Crippen LogP) is 9.94. The number of ether oxygens (including phenoxy) is 2. The largest absolute Gasteiger partial charge is 0.462 e. The average Bonchev–Trinajstić information content (AvgIpc) is 2.98. The number of hydrogen-bond donors (Lipinski definition) is 1. The van der Waals surface area contributed by atoms with E-state index in [1.807, 2.05) is 0 Å². The molecule has 0 saturated carbocycles. The third-order valence-electron chi connectivity index (χ3n) is 8.47. The first-order valence-electron chi connectivity index (χ1n) is 18.7. The zero-order chi connectivity index (χ0) is 31.8. The van der Waals surface area contributed by atoms with Crippen molar-refractivity contribution in [1.82, 2.24) is 4.90 Å². The van der Waals surface area contributed by atoms with Crippen LogP contribution in [0, 0.1) is 0 Å². The Morgan fingerprint density at radius 3 is 1.37 bits per heavy atom. The van der Waals surface area contributed by atoms with E-state index in [-0.39, 0.29) is 30.8 Å². The van der Waals surface area contributed by atoms with Crippen LogP contribution in [0.2, 0.25) is 0 Å². The standard InChI is InChI=1S/C37H73NO5/c1-5-9-12-19-27-35(26-18-11-7-3)43-37(41)28-20-14-13-15-22-30-38(32-33-39)31-23-16-21-29-36(40)42-34(24-8-4)25-17-10-6-2/h34-35,39H,5-33H2,1-4H3. The number of hydrogen-bond acceptors (Lipinski definition) is 6. The Morgan fingerprint density at radius 1 is 0.488 bits per heavy atom. The monoisotopic (exact) mass is 612 g/mol. The highest BCUT2D eigenvalue weighted by Crippen LogP contribution is 2.17. The van der Waals surface area contributed by atoms with Crippen molar-refractivity contribution >= 4 is 11.9 Å². The van der Waals surface area contributed by atoms with E-state index in [9.17, 15) is 14.7 Å². The van der Waals surface area contributed by atoms with Gasteiger partial charge in [0.2, 0.25) is 0 Å². The molecule has 0 aliphatic carbocycles. The normalized spacial score (nSPS) is 12.9. The van der Waals surface area contributed by atoms with Gasteiger partial charge in [-0.15, -0.1) is 0 Å². The zero-order valence-electron chi connectivity index (χ0n) is 29.2. The van der Waals surface area contributed by atoms with E-state index in [1.54, 1.807) is 0 Å². The molecule has 0 fully saturated rings. The number of carbonyl (C=O) groups is 2. The lowest BCUT2D eigenvalue weighted by Gasteiger charge is -2.21. The van der Waals surface area contributed by atoms with Crippen LogP contribution in [-0.2, 0) is 19.1 Å². The summed E-state index contributed by atoms with van der Waals surface area (Å²) in [5.74, 6) is -0.0447. The van der Waals surface area contributed by atoms with Crippen molar-refractivity contribution in [2.24, 2.45) is 0 Å². The highest BCUT2D eigenvalue weighted by Gasteiger charge is 2.15. The lowest BCUT2D eigenvalue weighted by Crippen LogP contribution is -2.29. The minimum Gasteiger partial charge on any atom is -0.462 e. The third kappa shape index (κ3) is 28.1. The molecule has 1 N–H and O–H groups in total. The minimum absolute atomic E-state index is 0.00729. The molecule has 0 aromatic carbocycles. The molecule has 0 amide bonds. The first kappa shape index (κ1) is 41.9. The fourth-order valence-electron chi connectivity index (χ4n) is 5.77. The van der Waals surface area contributed by atoms with E-state index in [0.29, 0.717) is 19.4 Å². The summed E-state index contributed by atoms with van der Waals surface area (Å²) < 4.78 is 11.6. The number of aliphatic hydroxyl groups excluding tert-OH is 1. The highest BCUT2D eigenvalue weighted by atomic mass is 16.5. The van der Waals surface area contributed by atoms with Crippen molar-refractivity contribution < 1.29 is 24.2 Å². The zero-order valence-corrected chi connectivity index (χ0v) is 29.2. The Hall–Kier alpha value is -1.14. The van der Waals surface area contributed by atoms with Crippen molar-refractivity contribution in [2.75, 3.05) is 26.2 Å². The Kier molecular flexibility index (Phi) is 31.4.